The van der Waals surface area contributed by atoms with Gasteiger partial charge in [0, 0.05) is 17.8 Å². The molecular weight excluding hydrogens is 400 g/mol. The lowest BCUT2D eigenvalue weighted by molar-refractivity contribution is -0.124. The number of carbonyl (C=O) groups excluding carboxylic acids is 1. The second-order valence-electron chi connectivity index (χ2n) is 8.25. The van der Waals surface area contributed by atoms with Crippen molar-refractivity contribution < 1.29 is 17.9 Å². The number of ether oxygens (including phenoxy) is 1. The van der Waals surface area contributed by atoms with E-state index in [1.807, 2.05) is 12.1 Å². The van der Waals surface area contributed by atoms with E-state index in [9.17, 15) is 13.2 Å². The van der Waals surface area contributed by atoms with E-state index in [0.29, 0.717) is 11.4 Å². The maximum atomic E-state index is 12.9. The Labute approximate surface area is 178 Å². The average molecular weight is 429 g/mol. The van der Waals surface area contributed by atoms with Crippen molar-refractivity contribution in [2.75, 3.05) is 11.8 Å². The molecule has 0 spiro atoms. The number of amides is 1. The van der Waals surface area contributed by atoms with Crippen LogP contribution in [0.25, 0.3) is 0 Å². The first-order valence-electron chi connectivity index (χ1n) is 10.5. The number of methoxy groups -OCH3 is 1. The number of rotatable bonds is 7. The molecule has 4 rings (SSSR count). The van der Waals surface area contributed by atoms with Gasteiger partial charge in [-0.05, 0) is 55.5 Å². The van der Waals surface area contributed by atoms with Gasteiger partial charge in [-0.15, -0.1) is 0 Å². The van der Waals surface area contributed by atoms with Crippen LogP contribution >= 0.6 is 0 Å². The summed E-state index contributed by atoms with van der Waals surface area (Å²) in [7, 11) is -2.23. The Hall–Kier alpha value is -2.54. The van der Waals surface area contributed by atoms with Crippen LogP contribution in [0.5, 0.6) is 5.75 Å². The van der Waals surface area contributed by atoms with E-state index in [1.54, 1.807) is 24.3 Å². The lowest BCUT2D eigenvalue weighted by Crippen LogP contribution is -2.42. The predicted molar refractivity (Wildman–Crippen MR) is 116 cm³/mol. The highest BCUT2D eigenvalue weighted by Gasteiger charge is 2.51. The Morgan fingerprint density at radius 3 is 2.37 bits per heavy atom. The summed E-state index contributed by atoms with van der Waals surface area (Å²) in [6.45, 7) is 0. The summed E-state index contributed by atoms with van der Waals surface area (Å²) in [5.74, 6) is 0.590. The standard InChI is InChI=1S/C23H28N2O4S/c1-29-20-8-5-9-21(16-20)30(27,28)25-19-12-10-17(11-13-19)23(14-15-23)22(26)24-18-6-3-2-4-7-18/h5,8-13,16,18,25H,2-4,6-7,14-15H2,1H3,(H,24,26). The van der Waals surface area contributed by atoms with Gasteiger partial charge in [-0.3, -0.25) is 9.52 Å². The van der Waals surface area contributed by atoms with Gasteiger partial charge >= 0.3 is 0 Å². The normalized spacial score (nSPS) is 18.4. The molecule has 2 saturated carbocycles. The molecule has 1 amide bonds. The van der Waals surface area contributed by atoms with Crippen LogP contribution in [-0.2, 0) is 20.2 Å². The van der Waals surface area contributed by atoms with E-state index in [2.05, 4.69) is 10.0 Å². The van der Waals surface area contributed by atoms with Gasteiger partial charge in [0.25, 0.3) is 10.0 Å². The molecule has 0 aromatic heterocycles. The Morgan fingerprint density at radius 1 is 1.03 bits per heavy atom. The Morgan fingerprint density at radius 2 is 1.73 bits per heavy atom. The fraction of sp³-hybridized carbons (Fsp3) is 0.435. The minimum atomic E-state index is -3.72. The van der Waals surface area contributed by atoms with Crippen molar-refractivity contribution >= 4 is 21.6 Å². The maximum Gasteiger partial charge on any atom is 0.262 e. The zero-order valence-corrected chi connectivity index (χ0v) is 18.0. The second kappa shape index (κ2) is 8.30. The van der Waals surface area contributed by atoms with Crippen molar-refractivity contribution in [2.45, 2.75) is 61.3 Å². The topological polar surface area (TPSA) is 84.5 Å². The molecule has 0 heterocycles. The van der Waals surface area contributed by atoms with Crippen molar-refractivity contribution in [1.29, 1.82) is 0 Å². The summed E-state index contributed by atoms with van der Waals surface area (Å²) < 4.78 is 33.0. The molecule has 2 aromatic carbocycles. The molecule has 0 bridgehead atoms. The first kappa shape index (κ1) is 20.7. The van der Waals surface area contributed by atoms with Gasteiger partial charge in [0.05, 0.1) is 17.4 Å². The third-order valence-electron chi connectivity index (χ3n) is 6.17. The van der Waals surface area contributed by atoms with Crippen molar-refractivity contribution in [3.63, 3.8) is 0 Å². The van der Waals surface area contributed by atoms with E-state index in [0.717, 1.165) is 31.2 Å². The molecule has 2 N–H and O–H groups in total. The highest BCUT2D eigenvalue weighted by molar-refractivity contribution is 7.92. The van der Waals surface area contributed by atoms with Gasteiger partial charge in [-0.2, -0.15) is 0 Å². The predicted octanol–water partition coefficient (Wildman–Crippen LogP) is 3.98. The van der Waals surface area contributed by atoms with E-state index < -0.39 is 15.4 Å². The van der Waals surface area contributed by atoms with Gasteiger partial charge < -0.3 is 10.1 Å². The summed E-state index contributed by atoms with van der Waals surface area (Å²) in [5, 5.41) is 3.24. The lowest BCUT2D eigenvalue weighted by Gasteiger charge is -2.25. The van der Waals surface area contributed by atoms with Crippen LogP contribution < -0.4 is 14.8 Å². The van der Waals surface area contributed by atoms with Crippen LogP contribution in [0.1, 0.15) is 50.5 Å². The van der Waals surface area contributed by atoms with Crippen molar-refractivity contribution in [3.8, 4) is 5.75 Å². The minimum absolute atomic E-state index is 0.110. The van der Waals surface area contributed by atoms with Crippen LogP contribution in [0.4, 0.5) is 5.69 Å². The largest absolute Gasteiger partial charge is 0.497 e. The molecule has 7 heteroatoms. The SMILES string of the molecule is COc1cccc(S(=O)(=O)Nc2ccc(C3(C(=O)NC4CCCCC4)CC3)cc2)c1. The van der Waals surface area contributed by atoms with E-state index in [4.69, 9.17) is 4.74 Å². The molecular formula is C23H28N2O4S. The van der Waals surface area contributed by atoms with Crippen LogP contribution in [0.3, 0.4) is 0 Å². The summed E-state index contributed by atoms with van der Waals surface area (Å²) in [6, 6.07) is 13.8. The van der Waals surface area contributed by atoms with Crippen LogP contribution in [0.15, 0.2) is 53.4 Å². The number of carbonyl (C=O) groups is 1. The van der Waals surface area contributed by atoms with Gasteiger partial charge in [-0.25, -0.2) is 8.42 Å². The summed E-state index contributed by atoms with van der Waals surface area (Å²) in [6.07, 6.45) is 7.41. The van der Waals surface area contributed by atoms with E-state index >= 15 is 0 Å². The van der Waals surface area contributed by atoms with Crippen molar-refractivity contribution in [1.82, 2.24) is 5.32 Å². The number of hydrogen-bond acceptors (Lipinski definition) is 4. The third-order valence-corrected chi connectivity index (χ3v) is 7.55. The van der Waals surface area contributed by atoms with Gasteiger partial charge in [0.1, 0.15) is 5.75 Å². The van der Waals surface area contributed by atoms with E-state index in [-0.39, 0.29) is 16.8 Å². The molecule has 0 radical (unpaired) electrons. The summed E-state index contributed by atoms with van der Waals surface area (Å²) in [4.78, 5) is 13.1. The Balaban J connectivity index is 1.45. The van der Waals surface area contributed by atoms with Crippen molar-refractivity contribution in [3.05, 3.63) is 54.1 Å². The highest BCUT2D eigenvalue weighted by atomic mass is 32.2. The third kappa shape index (κ3) is 4.31. The Bertz CT molecular complexity index is 1010. The van der Waals surface area contributed by atoms with Crippen LogP contribution in [-0.4, -0.2) is 27.5 Å². The first-order chi connectivity index (χ1) is 14.4. The number of anilines is 1. The summed E-state index contributed by atoms with van der Waals surface area (Å²) in [5.41, 5.74) is 0.951. The zero-order valence-electron chi connectivity index (χ0n) is 17.2. The molecule has 2 aromatic rings. The van der Waals surface area contributed by atoms with Crippen molar-refractivity contribution in [2.24, 2.45) is 0 Å². The average Bonchev–Trinajstić information content (AvgIpc) is 3.57. The molecule has 2 aliphatic rings. The van der Waals surface area contributed by atoms with Gasteiger partial charge in [0.15, 0.2) is 0 Å². The lowest BCUT2D eigenvalue weighted by atomic mass is 9.91. The van der Waals surface area contributed by atoms with Gasteiger partial charge in [0.2, 0.25) is 5.91 Å². The first-order valence-corrected chi connectivity index (χ1v) is 12.0. The molecule has 0 atom stereocenters. The molecule has 0 unspecified atom stereocenters. The number of sulfonamides is 1. The number of nitrogens with one attached hydrogen (secondary N) is 2. The zero-order chi connectivity index (χ0) is 21.2. The molecule has 160 valence electrons. The molecule has 30 heavy (non-hydrogen) atoms. The number of hydrogen-bond donors (Lipinski definition) is 2. The molecule has 2 aliphatic carbocycles. The fourth-order valence-corrected chi connectivity index (χ4v) is 5.28. The molecule has 6 nitrogen and oxygen atoms in total. The Kier molecular flexibility index (Phi) is 5.73. The van der Waals surface area contributed by atoms with Crippen LogP contribution in [0, 0.1) is 0 Å². The monoisotopic (exact) mass is 428 g/mol. The van der Waals surface area contributed by atoms with E-state index in [1.165, 1.54) is 38.5 Å². The smallest absolute Gasteiger partial charge is 0.262 e. The minimum Gasteiger partial charge on any atom is -0.497 e. The highest BCUT2D eigenvalue weighted by Crippen LogP contribution is 2.49. The van der Waals surface area contributed by atoms with Gasteiger partial charge in [-0.1, -0.05) is 37.5 Å². The van der Waals surface area contributed by atoms with Crippen LogP contribution in [0.2, 0.25) is 0 Å². The fourth-order valence-electron chi connectivity index (χ4n) is 4.18. The quantitative estimate of drug-likeness (QED) is 0.699. The molecule has 0 saturated heterocycles. The number of benzene rings is 2. The molecule has 2 fully saturated rings. The summed E-state index contributed by atoms with van der Waals surface area (Å²) >= 11 is 0. The maximum absolute atomic E-state index is 12.9. The second-order valence-corrected chi connectivity index (χ2v) is 9.93. The molecule has 0 aliphatic heterocycles.